The number of nitrogens with zero attached hydrogens (tertiary/aromatic N) is 3. The highest BCUT2D eigenvalue weighted by Crippen LogP contribution is 2.29. The number of para-hydroxylation sites is 2. The van der Waals surface area contributed by atoms with E-state index in [9.17, 15) is 14.0 Å². The van der Waals surface area contributed by atoms with Crippen LogP contribution in [0.15, 0.2) is 53.3 Å². The van der Waals surface area contributed by atoms with Gasteiger partial charge in [-0.1, -0.05) is 24.3 Å². The summed E-state index contributed by atoms with van der Waals surface area (Å²) in [6.07, 6.45) is 2.27. The van der Waals surface area contributed by atoms with E-state index in [0.29, 0.717) is 13.1 Å². The van der Waals surface area contributed by atoms with Crippen LogP contribution in [0.25, 0.3) is 11.0 Å². The molecule has 0 aliphatic heterocycles. The molecule has 0 saturated heterocycles. The Labute approximate surface area is 156 Å². The fourth-order valence-electron chi connectivity index (χ4n) is 3.52. The summed E-state index contributed by atoms with van der Waals surface area (Å²) >= 11 is 0. The molecule has 1 aromatic heterocycles. The van der Waals surface area contributed by atoms with E-state index in [-0.39, 0.29) is 29.9 Å². The van der Waals surface area contributed by atoms with Crippen LogP contribution in [0.5, 0.6) is 0 Å². The van der Waals surface area contributed by atoms with Crippen molar-refractivity contribution in [3.05, 3.63) is 70.4 Å². The number of carbonyl (C=O) groups is 1. The molecule has 0 atom stereocenters. The van der Waals surface area contributed by atoms with Crippen LogP contribution in [0.3, 0.4) is 0 Å². The Hall–Kier alpha value is -2.89. The number of fused-ring (bicyclic) bond motifs is 1. The zero-order valence-corrected chi connectivity index (χ0v) is 15.3. The molecule has 6 heteroatoms. The highest BCUT2D eigenvalue weighted by atomic mass is 19.1. The molecular weight excluding hydrogens is 345 g/mol. The molecule has 1 amide bonds. The van der Waals surface area contributed by atoms with Crippen molar-refractivity contribution in [2.24, 2.45) is 7.05 Å². The van der Waals surface area contributed by atoms with E-state index >= 15 is 0 Å². The van der Waals surface area contributed by atoms with Crippen molar-refractivity contribution in [1.29, 1.82) is 0 Å². The van der Waals surface area contributed by atoms with Gasteiger partial charge in [-0.25, -0.2) is 9.18 Å². The number of benzene rings is 2. The molecule has 1 fully saturated rings. The van der Waals surface area contributed by atoms with Gasteiger partial charge in [0.25, 0.3) is 0 Å². The average Bonchev–Trinajstić information content (AvgIpc) is 3.48. The summed E-state index contributed by atoms with van der Waals surface area (Å²) in [4.78, 5) is 27.2. The molecule has 1 aliphatic carbocycles. The molecule has 0 spiro atoms. The average molecular weight is 367 g/mol. The van der Waals surface area contributed by atoms with Crippen molar-refractivity contribution >= 4 is 16.9 Å². The first-order chi connectivity index (χ1) is 13.0. The normalized spacial score (nSPS) is 13.9. The van der Waals surface area contributed by atoms with Gasteiger partial charge in [0.05, 0.1) is 11.0 Å². The summed E-state index contributed by atoms with van der Waals surface area (Å²) in [6.45, 7) is 0.833. The van der Waals surface area contributed by atoms with E-state index in [2.05, 4.69) is 0 Å². The minimum atomic E-state index is -0.279. The predicted octanol–water partition coefficient (Wildman–Crippen LogP) is 3.06. The van der Waals surface area contributed by atoms with Crippen LogP contribution in [-0.4, -0.2) is 26.0 Å². The van der Waals surface area contributed by atoms with Crippen molar-refractivity contribution in [1.82, 2.24) is 14.0 Å². The smallest absolute Gasteiger partial charge is 0.328 e. The van der Waals surface area contributed by atoms with E-state index in [1.54, 1.807) is 28.3 Å². The van der Waals surface area contributed by atoms with Gasteiger partial charge in [-0.2, -0.15) is 0 Å². The highest BCUT2D eigenvalue weighted by Gasteiger charge is 2.32. The van der Waals surface area contributed by atoms with Gasteiger partial charge in [-0.15, -0.1) is 0 Å². The first-order valence-corrected chi connectivity index (χ1v) is 9.23. The molecule has 3 aromatic rings. The number of hydrogen-bond acceptors (Lipinski definition) is 2. The van der Waals surface area contributed by atoms with Crippen molar-refractivity contribution in [3.8, 4) is 0 Å². The largest absolute Gasteiger partial charge is 0.335 e. The Balaban J connectivity index is 1.50. The van der Waals surface area contributed by atoms with Gasteiger partial charge in [0.2, 0.25) is 5.91 Å². The lowest BCUT2D eigenvalue weighted by Gasteiger charge is -2.23. The molecule has 27 heavy (non-hydrogen) atoms. The van der Waals surface area contributed by atoms with E-state index in [1.807, 2.05) is 29.2 Å². The molecule has 0 unspecified atom stereocenters. The lowest BCUT2D eigenvalue weighted by molar-refractivity contribution is -0.132. The van der Waals surface area contributed by atoms with Gasteiger partial charge >= 0.3 is 5.69 Å². The lowest BCUT2D eigenvalue weighted by atomic mass is 10.2. The standard InChI is InChI=1S/C21H22FN3O2/c1-23-18-4-2-3-5-19(18)24(21(23)27)13-12-20(26)25(17-10-11-17)14-15-6-8-16(22)9-7-15/h2-9,17H,10-14H2,1H3. The molecule has 5 nitrogen and oxygen atoms in total. The summed E-state index contributed by atoms with van der Waals surface area (Å²) in [5, 5.41) is 0. The SMILES string of the molecule is Cn1c(=O)n(CCC(=O)N(Cc2ccc(F)cc2)C2CC2)c2ccccc21. The minimum Gasteiger partial charge on any atom is -0.335 e. The van der Waals surface area contributed by atoms with Crippen LogP contribution < -0.4 is 5.69 Å². The molecule has 1 aliphatic rings. The molecule has 0 radical (unpaired) electrons. The van der Waals surface area contributed by atoms with Gasteiger partial charge in [0, 0.05) is 32.6 Å². The maximum atomic E-state index is 13.1. The third-order valence-electron chi connectivity index (χ3n) is 5.18. The van der Waals surface area contributed by atoms with Crippen LogP contribution in [0, 0.1) is 5.82 Å². The molecule has 0 N–H and O–H groups in total. The van der Waals surface area contributed by atoms with E-state index in [4.69, 9.17) is 0 Å². The zero-order valence-electron chi connectivity index (χ0n) is 15.3. The van der Waals surface area contributed by atoms with Gasteiger partial charge in [0.1, 0.15) is 5.82 Å². The third-order valence-corrected chi connectivity index (χ3v) is 5.18. The monoisotopic (exact) mass is 367 g/mol. The van der Waals surface area contributed by atoms with Crippen molar-refractivity contribution in [2.45, 2.75) is 38.4 Å². The van der Waals surface area contributed by atoms with Crippen molar-refractivity contribution in [3.63, 3.8) is 0 Å². The zero-order chi connectivity index (χ0) is 19.0. The Morgan fingerprint density at radius 3 is 2.44 bits per heavy atom. The van der Waals surface area contributed by atoms with E-state index in [0.717, 1.165) is 29.4 Å². The Bertz CT molecular complexity index is 1030. The number of hydrogen-bond donors (Lipinski definition) is 0. The van der Waals surface area contributed by atoms with Crippen LogP contribution in [0.2, 0.25) is 0 Å². The molecule has 1 saturated carbocycles. The first-order valence-electron chi connectivity index (χ1n) is 9.23. The number of carbonyl (C=O) groups excluding carboxylic acids is 1. The summed E-state index contributed by atoms with van der Waals surface area (Å²) in [6, 6.07) is 14.1. The van der Waals surface area contributed by atoms with Crippen LogP contribution >= 0.6 is 0 Å². The van der Waals surface area contributed by atoms with Crippen molar-refractivity contribution < 1.29 is 9.18 Å². The Kier molecular flexibility index (Phi) is 4.56. The van der Waals surface area contributed by atoms with Crippen LogP contribution in [0.4, 0.5) is 4.39 Å². The Morgan fingerprint density at radius 2 is 1.78 bits per heavy atom. The molecule has 4 rings (SSSR count). The summed E-state index contributed by atoms with van der Waals surface area (Å²) in [5.74, 6) is -0.250. The predicted molar refractivity (Wildman–Crippen MR) is 102 cm³/mol. The quantitative estimate of drug-likeness (QED) is 0.672. The number of rotatable bonds is 6. The maximum Gasteiger partial charge on any atom is 0.328 e. The van der Waals surface area contributed by atoms with Gasteiger partial charge in [-0.05, 0) is 42.7 Å². The number of aromatic nitrogens is 2. The van der Waals surface area contributed by atoms with Crippen molar-refractivity contribution in [2.75, 3.05) is 0 Å². The van der Waals surface area contributed by atoms with E-state index < -0.39 is 0 Å². The van der Waals surface area contributed by atoms with Gasteiger partial charge < -0.3 is 4.90 Å². The second-order valence-electron chi connectivity index (χ2n) is 7.11. The van der Waals surface area contributed by atoms with Crippen LogP contribution in [0.1, 0.15) is 24.8 Å². The first kappa shape index (κ1) is 17.5. The topological polar surface area (TPSA) is 47.2 Å². The Morgan fingerprint density at radius 1 is 1.11 bits per heavy atom. The maximum absolute atomic E-state index is 13.1. The van der Waals surface area contributed by atoms with Crippen LogP contribution in [-0.2, 0) is 24.9 Å². The fourth-order valence-corrected chi connectivity index (χ4v) is 3.52. The molecule has 1 heterocycles. The number of amides is 1. The summed E-state index contributed by atoms with van der Waals surface area (Å²) < 4.78 is 16.4. The molecular formula is C21H22FN3O2. The fraction of sp³-hybridized carbons (Fsp3) is 0.333. The number of aryl methyl sites for hydroxylation is 2. The number of halogens is 1. The number of imidazole rings is 1. The molecule has 0 bridgehead atoms. The molecule has 2 aromatic carbocycles. The van der Waals surface area contributed by atoms with E-state index in [1.165, 1.54) is 12.1 Å². The lowest BCUT2D eigenvalue weighted by Crippen LogP contribution is -2.34. The highest BCUT2D eigenvalue weighted by molar-refractivity contribution is 5.78. The second-order valence-corrected chi connectivity index (χ2v) is 7.11. The minimum absolute atomic E-state index is 0.0293. The summed E-state index contributed by atoms with van der Waals surface area (Å²) in [7, 11) is 1.74. The van der Waals surface area contributed by atoms with Gasteiger partial charge in [-0.3, -0.25) is 13.9 Å². The second kappa shape index (κ2) is 7.02. The van der Waals surface area contributed by atoms with Gasteiger partial charge in [0.15, 0.2) is 0 Å². The summed E-state index contributed by atoms with van der Waals surface area (Å²) in [5.41, 5.74) is 2.51. The third kappa shape index (κ3) is 3.52. The molecule has 140 valence electrons.